The smallest absolute Gasteiger partial charge is 0.248 e. The summed E-state index contributed by atoms with van der Waals surface area (Å²) in [5.41, 5.74) is 2.46. The van der Waals surface area contributed by atoms with Gasteiger partial charge in [-0.25, -0.2) is 9.97 Å². The van der Waals surface area contributed by atoms with E-state index < -0.39 is 0 Å². The minimum Gasteiger partial charge on any atom is -0.376 e. The lowest BCUT2D eigenvalue weighted by Gasteiger charge is -2.32. The van der Waals surface area contributed by atoms with E-state index in [1.807, 2.05) is 11.1 Å². The summed E-state index contributed by atoms with van der Waals surface area (Å²) in [6, 6.07) is 0. The van der Waals surface area contributed by atoms with E-state index in [4.69, 9.17) is 14.5 Å². The first-order valence-electron chi connectivity index (χ1n) is 10.2. The van der Waals surface area contributed by atoms with Crippen LogP contribution >= 0.6 is 0 Å². The monoisotopic (exact) mass is 374 g/mol. The molecule has 1 atom stereocenters. The predicted molar refractivity (Wildman–Crippen MR) is 100 cm³/mol. The van der Waals surface area contributed by atoms with Crippen LogP contribution in [-0.2, 0) is 27.2 Å². The fourth-order valence-electron chi connectivity index (χ4n) is 4.20. The molecule has 7 nitrogen and oxygen atoms in total. The van der Waals surface area contributed by atoms with Gasteiger partial charge in [-0.1, -0.05) is 0 Å². The normalized spacial score (nSPS) is 24.2. The number of aromatic nitrogens is 2. The Morgan fingerprint density at radius 2 is 2.15 bits per heavy atom. The molecule has 0 bridgehead atoms. The predicted octanol–water partition coefficient (Wildman–Crippen LogP) is 1.37. The maximum atomic E-state index is 12.4. The van der Waals surface area contributed by atoms with Gasteiger partial charge < -0.3 is 19.3 Å². The number of amides is 1. The van der Waals surface area contributed by atoms with E-state index in [9.17, 15) is 4.79 Å². The largest absolute Gasteiger partial charge is 0.376 e. The van der Waals surface area contributed by atoms with Gasteiger partial charge in [0.25, 0.3) is 0 Å². The van der Waals surface area contributed by atoms with Crippen LogP contribution in [0.1, 0.15) is 48.7 Å². The van der Waals surface area contributed by atoms with Crippen LogP contribution in [0.15, 0.2) is 6.20 Å². The first-order valence-corrected chi connectivity index (χ1v) is 10.2. The molecule has 27 heavy (non-hydrogen) atoms. The molecule has 3 aliphatic rings. The Morgan fingerprint density at radius 3 is 2.93 bits per heavy atom. The molecule has 0 spiro atoms. The minimum absolute atomic E-state index is 0.0841. The number of piperidine rings is 1. The van der Waals surface area contributed by atoms with Gasteiger partial charge in [0.05, 0.1) is 12.7 Å². The van der Waals surface area contributed by atoms with Crippen LogP contribution < -0.4 is 0 Å². The molecular formula is C20H30N4O3. The van der Waals surface area contributed by atoms with Crippen molar-refractivity contribution in [1.82, 2.24) is 19.8 Å². The van der Waals surface area contributed by atoms with E-state index in [0.29, 0.717) is 12.5 Å². The molecule has 148 valence electrons. The number of hydrogen-bond donors (Lipinski definition) is 0. The Labute approximate surface area is 161 Å². The Bertz CT molecular complexity index is 655. The number of likely N-dealkylation sites (N-methyl/N-ethyl adjacent to an activating group) is 1. The van der Waals surface area contributed by atoms with Gasteiger partial charge in [0.2, 0.25) is 5.91 Å². The zero-order chi connectivity index (χ0) is 18.6. The van der Waals surface area contributed by atoms with Gasteiger partial charge in [0.1, 0.15) is 12.4 Å². The number of carbonyl (C=O) groups excluding carboxylic acids is 1. The molecule has 0 aliphatic carbocycles. The van der Waals surface area contributed by atoms with Crippen LogP contribution in [0, 0.1) is 0 Å². The third kappa shape index (κ3) is 4.65. The van der Waals surface area contributed by atoms with Crippen LogP contribution in [0.5, 0.6) is 0 Å². The second-order valence-electron chi connectivity index (χ2n) is 7.99. The van der Waals surface area contributed by atoms with Crippen molar-refractivity contribution in [3.05, 3.63) is 23.3 Å². The molecule has 1 amide bonds. The van der Waals surface area contributed by atoms with Crippen molar-refractivity contribution in [3.63, 3.8) is 0 Å². The summed E-state index contributed by atoms with van der Waals surface area (Å²) in [5, 5.41) is 0. The average Bonchev–Trinajstić information content (AvgIpc) is 3.21. The maximum Gasteiger partial charge on any atom is 0.248 e. The lowest BCUT2D eigenvalue weighted by molar-refractivity contribution is -0.138. The molecule has 2 fully saturated rings. The summed E-state index contributed by atoms with van der Waals surface area (Å²) in [4.78, 5) is 26.1. The van der Waals surface area contributed by atoms with E-state index in [1.165, 1.54) is 11.3 Å². The molecule has 0 saturated carbocycles. The lowest BCUT2D eigenvalue weighted by atomic mass is 9.95. The molecule has 0 N–H and O–H groups in total. The van der Waals surface area contributed by atoms with Crippen LogP contribution in [-0.4, -0.2) is 78.3 Å². The van der Waals surface area contributed by atoms with Crippen LogP contribution in [0.3, 0.4) is 0 Å². The topological polar surface area (TPSA) is 67.8 Å². The van der Waals surface area contributed by atoms with Gasteiger partial charge in [-0.15, -0.1) is 0 Å². The molecule has 1 aromatic heterocycles. The second-order valence-corrected chi connectivity index (χ2v) is 7.99. The highest BCUT2D eigenvalue weighted by atomic mass is 16.5. The number of nitrogens with zero attached hydrogens (tertiary/aromatic N) is 4. The van der Waals surface area contributed by atoms with Crippen LogP contribution in [0.25, 0.3) is 0 Å². The van der Waals surface area contributed by atoms with Crippen LogP contribution in [0.4, 0.5) is 0 Å². The summed E-state index contributed by atoms with van der Waals surface area (Å²) in [7, 11) is 2.13. The Kier molecular flexibility index (Phi) is 6.00. The third-order valence-corrected chi connectivity index (χ3v) is 5.91. The van der Waals surface area contributed by atoms with Crippen LogP contribution in [0.2, 0.25) is 0 Å². The average molecular weight is 374 g/mol. The highest BCUT2D eigenvalue weighted by Gasteiger charge is 2.27. The van der Waals surface area contributed by atoms with Crippen molar-refractivity contribution in [2.45, 2.75) is 50.7 Å². The Hall–Kier alpha value is -1.57. The quantitative estimate of drug-likeness (QED) is 0.775. The molecule has 0 aromatic carbocycles. The summed E-state index contributed by atoms with van der Waals surface area (Å²) in [5.74, 6) is 1.40. The Morgan fingerprint density at radius 1 is 1.30 bits per heavy atom. The van der Waals surface area contributed by atoms with E-state index in [-0.39, 0.29) is 18.6 Å². The van der Waals surface area contributed by atoms with Crippen molar-refractivity contribution in [3.8, 4) is 0 Å². The van der Waals surface area contributed by atoms with Crippen molar-refractivity contribution >= 4 is 5.91 Å². The van der Waals surface area contributed by atoms with Crippen molar-refractivity contribution in [1.29, 1.82) is 0 Å². The summed E-state index contributed by atoms with van der Waals surface area (Å²) < 4.78 is 11.1. The number of carbonyl (C=O) groups is 1. The van der Waals surface area contributed by atoms with Gasteiger partial charge >= 0.3 is 0 Å². The molecule has 1 aromatic rings. The van der Waals surface area contributed by atoms with Crippen molar-refractivity contribution < 1.29 is 14.3 Å². The number of rotatable bonds is 5. The number of ether oxygens (including phenoxy) is 2. The molecule has 3 aliphatic heterocycles. The van der Waals surface area contributed by atoms with E-state index in [0.717, 1.165) is 70.7 Å². The summed E-state index contributed by atoms with van der Waals surface area (Å²) >= 11 is 0. The summed E-state index contributed by atoms with van der Waals surface area (Å²) in [6.45, 7) is 5.02. The number of likely N-dealkylation sites (tertiary alicyclic amines) is 1. The second kappa shape index (κ2) is 8.63. The first kappa shape index (κ1) is 18.8. The molecular weight excluding hydrogens is 344 g/mol. The van der Waals surface area contributed by atoms with Gasteiger partial charge in [-0.3, -0.25) is 4.79 Å². The molecule has 4 heterocycles. The highest BCUT2D eigenvalue weighted by Crippen LogP contribution is 2.27. The standard InChI is InChI=1S/C20H30N4O3/c1-23-7-6-18-16(12-23)11-21-20(22-18)15-4-8-24(9-5-15)19(25)14-26-13-17-3-2-10-27-17/h11,15,17H,2-10,12-14H2,1H3/t17-/m0/s1. The molecule has 4 rings (SSSR count). The fourth-order valence-corrected chi connectivity index (χ4v) is 4.20. The third-order valence-electron chi connectivity index (χ3n) is 5.91. The van der Waals surface area contributed by atoms with E-state index in [1.54, 1.807) is 0 Å². The zero-order valence-corrected chi connectivity index (χ0v) is 16.2. The van der Waals surface area contributed by atoms with Gasteiger partial charge in [-0.05, 0) is 32.7 Å². The lowest BCUT2D eigenvalue weighted by Crippen LogP contribution is -2.40. The zero-order valence-electron chi connectivity index (χ0n) is 16.2. The SMILES string of the molecule is CN1CCc2nc(C3CCN(C(=O)COC[C@@H]4CCCO4)CC3)ncc2C1. The van der Waals surface area contributed by atoms with Crippen molar-refractivity contribution in [2.75, 3.05) is 46.5 Å². The van der Waals surface area contributed by atoms with Gasteiger partial charge in [-0.2, -0.15) is 0 Å². The minimum atomic E-state index is 0.0841. The number of hydrogen-bond acceptors (Lipinski definition) is 6. The van der Waals surface area contributed by atoms with Gasteiger partial charge in [0, 0.05) is 62.6 Å². The molecule has 0 unspecified atom stereocenters. The highest BCUT2D eigenvalue weighted by molar-refractivity contribution is 5.77. The molecule has 0 radical (unpaired) electrons. The fraction of sp³-hybridized carbons (Fsp3) is 0.750. The van der Waals surface area contributed by atoms with E-state index >= 15 is 0 Å². The molecule has 7 heteroatoms. The van der Waals surface area contributed by atoms with E-state index in [2.05, 4.69) is 16.9 Å². The van der Waals surface area contributed by atoms with Gasteiger partial charge in [0.15, 0.2) is 0 Å². The molecule has 2 saturated heterocycles. The Balaban J connectivity index is 1.24. The van der Waals surface area contributed by atoms with Crippen molar-refractivity contribution in [2.24, 2.45) is 0 Å². The number of fused-ring (bicyclic) bond motifs is 1. The first-order chi connectivity index (χ1) is 13.2. The maximum absolute atomic E-state index is 12.4. The summed E-state index contributed by atoms with van der Waals surface area (Å²) in [6.07, 6.45) is 7.16.